The fourth-order valence-electron chi connectivity index (χ4n) is 2.40. The van der Waals surface area contributed by atoms with Crippen LogP contribution in [-0.2, 0) is 4.79 Å². The monoisotopic (exact) mass is 338 g/mol. The lowest BCUT2D eigenvalue weighted by Gasteiger charge is -2.07. The Morgan fingerprint density at radius 2 is 1.64 bits per heavy atom. The Kier molecular flexibility index (Phi) is 7.57. The van der Waals surface area contributed by atoms with Gasteiger partial charge in [-0.15, -0.1) is 0 Å². The maximum absolute atomic E-state index is 11.9. The van der Waals surface area contributed by atoms with Gasteiger partial charge >= 0.3 is 0 Å². The highest BCUT2D eigenvalue weighted by atomic mass is 16.3. The maximum atomic E-state index is 11.9. The second kappa shape index (κ2) is 10.2. The van der Waals surface area contributed by atoms with E-state index >= 15 is 0 Å². The van der Waals surface area contributed by atoms with Gasteiger partial charge in [0.05, 0.1) is 0 Å². The van der Waals surface area contributed by atoms with Crippen LogP contribution in [0.25, 0.3) is 6.08 Å². The van der Waals surface area contributed by atoms with Crippen LogP contribution in [0.2, 0.25) is 0 Å². The minimum atomic E-state index is -0.187. The molecule has 4 nitrogen and oxygen atoms in total. The number of benzene rings is 2. The number of unbranched alkanes of at least 4 members (excludes halogenated alkanes) is 3. The number of phenols is 1. The van der Waals surface area contributed by atoms with Gasteiger partial charge in [0.25, 0.3) is 0 Å². The summed E-state index contributed by atoms with van der Waals surface area (Å²) >= 11 is 0. The van der Waals surface area contributed by atoms with Crippen LogP contribution in [0.5, 0.6) is 5.75 Å². The zero-order chi connectivity index (χ0) is 17.9. The summed E-state index contributed by atoms with van der Waals surface area (Å²) < 4.78 is 0. The average Bonchev–Trinajstić information content (AvgIpc) is 2.62. The second-order valence-corrected chi connectivity index (χ2v) is 5.98. The van der Waals surface area contributed by atoms with E-state index in [0.717, 1.165) is 23.5 Å². The number of anilines is 2. The third-order valence-corrected chi connectivity index (χ3v) is 3.83. The van der Waals surface area contributed by atoms with E-state index in [1.807, 2.05) is 24.3 Å². The van der Waals surface area contributed by atoms with Crippen molar-refractivity contribution < 1.29 is 9.90 Å². The topological polar surface area (TPSA) is 61.4 Å². The van der Waals surface area contributed by atoms with Crippen LogP contribution < -0.4 is 10.6 Å². The van der Waals surface area contributed by atoms with Gasteiger partial charge in [-0.25, -0.2) is 0 Å². The molecule has 0 aliphatic carbocycles. The molecule has 0 aromatic heterocycles. The molecule has 132 valence electrons. The standard InChI is InChI=1S/C21H26N2O2/c1-2-3-4-5-16-22-18-9-11-19(12-10-18)23-21(25)15-8-17-6-13-20(24)14-7-17/h6-15,22,24H,2-5,16H2,1H3,(H,23,25)/b15-8+. The lowest BCUT2D eigenvalue weighted by molar-refractivity contribution is -0.111. The summed E-state index contributed by atoms with van der Waals surface area (Å²) in [7, 11) is 0. The Hall–Kier alpha value is -2.75. The zero-order valence-electron chi connectivity index (χ0n) is 14.7. The first-order valence-corrected chi connectivity index (χ1v) is 8.79. The number of phenolic OH excluding ortho intramolecular Hbond substituents is 1. The first-order valence-electron chi connectivity index (χ1n) is 8.79. The van der Waals surface area contributed by atoms with Crippen LogP contribution in [0.3, 0.4) is 0 Å². The van der Waals surface area contributed by atoms with Crippen LogP contribution in [0.1, 0.15) is 38.2 Å². The number of hydrogen-bond acceptors (Lipinski definition) is 3. The zero-order valence-corrected chi connectivity index (χ0v) is 14.7. The summed E-state index contributed by atoms with van der Waals surface area (Å²) in [6.07, 6.45) is 8.15. The molecule has 4 heteroatoms. The highest BCUT2D eigenvalue weighted by Gasteiger charge is 1.99. The molecule has 1 amide bonds. The molecule has 2 aromatic carbocycles. The lowest BCUT2D eigenvalue weighted by atomic mass is 10.2. The van der Waals surface area contributed by atoms with E-state index < -0.39 is 0 Å². The van der Waals surface area contributed by atoms with Crippen molar-refractivity contribution in [2.24, 2.45) is 0 Å². The quantitative estimate of drug-likeness (QED) is 0.443. The third-order valence-electron chi connectivity index (χ3n) is 3.83. The van der Waals surface area contributed by atoms with Crippen LogP contribution >= 0.6 is 0 Å². The Morgan fingerprint density at radius 3 is 2.32 bits per heavy atom. The molecule has 0 spiro atoms. The van der Waals surface area contributed by atoms with Gasteiger partial charge in [0, 0.05) is 24.0 Å². The molecule has 0 bridgehead atoms. The van der Waals surface area contributed by atoms with Crippen molar-refractivity contribution in [2.45, 2.75) is 32.6 Å². The van der Waals surface area contributed by atoms with Gasteiger partial charge in [0.1, 0.15) is 5.75 Å². The van der Waals surface area contributed by atoms with Crippen LogP contribution in [-0.4, -0.2) is 17.6 Å². The van der Waals surface area contributed by atoms with E-state index in [4.69, 9.17) is 0 Å². The molecule has 0 aliphatic heterocycles. The summed E-state index contributed by atoms with van der Waals surface area (Å²) in [4.78, 5) is 11.9. The number of aromatic hydroxyl groups is 1. The molecule has 0 radical (unpaired) electrons. The van der Waals surface area contributed by atoms with Crippen molar-refractivity contribution in [1.82, 2.24) is 0 Å². The van der Waals surface area contributed by atoms with Gasteiger partial charge in [-0.3, -0.25) is 4.79 Å². The molecule has 0 atom stereocenters. The molecule has 0 saturated carbocycles. The number of amides is 1. The molecular weight excluding hydrogens is 312 g/mol. The second-order valence-electron chi connectivity index (χ2n) is 5.98. The van der Waals surface area contributed by atoms with Gasteiger partial charge in [-0.2, -0.15) is 0 Å². The summed E-state index contributed by atoms with van der Waals surface area (Å²) in [5.74, 6) is 0.0222. The summed E-state index contributed by atoms with van der Waals surface area (Å²) in [5.41, 5.74) is 2.68. The molecular formula is C21H26N2O2. The number of hydrogen-bond donors (Lipinski definition) is 3. The average molecular weight is 338 g/mol. The Bertz CT molecular complexity index is 676. The molecule has 0 unspecified atom stereocenters. The predicted octanol–water partition coefficient (Wildman–Crippen LogP) is 5.04. The molecule has 3 N–H and O–H groups in total. The first-order chi connectivity index (χ1) is 12.2. The van der Waals surface area contributed by atoms with Gasteiger partial charge in [-0.05, 0) is 54.5 Å². The normalized spacial score (nSPS) is 10.8. The van der Waals surface area contributed by atoms with Crippen LogP contribution in [0.15, 0.2) is 54.6 Å². The van der Waals surface area contributed by atoms with Crippen molar-refractivity contribution in [3.05, 3.63) is 60.2 Å². The molecule has 2 rings (SSSR count). The van der Waals surface area contributed by atoms with E-state index in [9.17, 15) is 9.90 Å². The van der Waals surface area contributed by atoms with Gasteiger partial charge in [0.15, 0.2) is 0 Å². The number of carbonyl (C=O) groups is 1. The summed E-state index contributed by atoms with van der Waals surface area (Å²) in [6.45, 7) is 3.18. The molecule has 0 heterocycles. The molecule has 2 aromatic rings. The first kappa shape index (κ1) is 18.6. The molecule has 0 fully saturated rings. The van der Waals surface area contributed by atoms with Gasteiger partial charge in [0.2, 0.25) is 5.91 Å². The largest absolute Gasteiger partial charge is 0.508 e. The van der Waals surface area contributed by atoms with E-state index in [1.54, 1.807) is 30.3 Å². The summed E-state index contributed by atoms with van der Waals surface area (Å²) in [5, 5.41) is 15.5. The predicted molar refractivity (Wildman–Crippen MR) is 105 cm³/mol. The SMILES string of the molecule is CCCCCCNc1ccc(NC(=O)/C=C/c2ccc(O)cc2)cc1. The van der Waals surface area contributed by atoms with Crippen molar-refractivity contribution in [3.63, 3.8) is 0 Å². The smallest absolute Gasteiger partial charge is 0.248 e. The summed E-state index contributed by atoms with van der Waals surface area (Å²) in [6, 6.07) is 14.4. The molecule has 25 heavy (non-hydrogen) atoms. The minimum Gasteiger partial charge on any atom is -0.508 e. The highest BCUT2D eigenvalue weighted by Crippen LogP contribution is 2.14. The fourth-order valence-corrected chi connectivity index (χ4v) is 2.40. The van der Waals surface area contributed by atoms with E-state index in [0.29, 0.717) is 0 Å². The van der Waals surface area contributed by atoms with Crippen molar-refractivity contribution in [3.8, 4) is 5.75 Å². The van der Waals surface area contributed by atoms with Crippen molar-refractivity contribution in [1.29, 1.82) is 0 Å². The maximum Gasteiger partial charge on any atom is 0.248 e. The number of rotatable bonds is 9. The van der Waals surface area contributed by atoms with Crippen molar-refractivity contribution in [2.75, 3.05) is 17.2 Å². The lowest BCUT2D eigenvalue weighted by Crippen LogP contribution is -2.08. The fraction of sp³-hybridized carbons (Fsp3) is 0.286. The van der Waals surface area contributed by atoms with E-state index in [-0.39, 0.29) is 11.7 Å². The van der Waals surface area contributed by atoms with Gasteiger partial charge < -0.3 is 15.7 Å². The number of nitrogens with one attached hydrogen (secondary N) is 2. The molecule has 0 aliphatic rings. The third kappa shape index (κ3) is 7.12. The minimum absolute atomic E-state index is 0.187. The van der Waals surface area contributed by atoms with E-state index in [2.05, 4.69) is 17.6 Å². The van der Waals surface area contributed by atoms with Crippen LogP contribution in [0, 0.1) is 0 Å². The Labute approximate surface area is 149 Å². The Balaban J connectivity index is 1.78. The van der Waals surface area contributed by atoms with Gasteiger partial charge in [-0.1, -0.05) is 38.3 Å². The van der Waals surface area contributed by atoms with Crippen LogP contribution in [0.4, 0.5) is 11.4 Å². The molecule has 0 saturated heterocycles. The highest BCUT2D eigenvalue weighted by molar-refractivity contribution is 6.02. The number of carbonyl (C=O) groups excluding carboxylic acids is 1. The Morgan fingerprint density at radius 1 is 0.960 bits per heavy atom. The van der Waals surface area contributed by atoms with Crippen molar-refractivity contribution >= 4 is 23.4 Å². The van der Waals surface area contributed by atoms with E-state index in [1.165, 1.54) is 31.8 Å².